The summed E-state index contributed by atoms with van der Waals surface area (Å²) < 4.78 is 23.8. The number of benzene rings is 2. The number of aryl methyl sites for hydroxylation is 1. The van der Waals surface area contributed by atoms with Crippen molar-refractivity contribution in [2.45, 2.75) is 19.8 Å². The second kappa shape index (κ2) is 10.4. The lowest BCUT2D eigenvalue weighted by atomic mass is 10.1. The highest BCUT2D eigenvalue weighted by Gasteiger charge is 2.05. The first-order valence-electron chi connectivity index (χ1n) is 8.97. The highest BCUT2D eigenvalue weighted by atomic mass is 19.1. The van der Waals surface area contributed by atoms with Gasteiger partial charge in [0.05, 0.1) is 14.2 Å². The minimum absolute atomic E-state index is 0.197. The van der Waals surface area contributed by atoms with Gasteiger partial charge in [0, 0.05) is 20.1 Å². The van der Waals surface area contributed by atoms with Crippen molar-refractivity contribution < 1.29 is 13.9 Å². The van der Waals surface area contributed by atoms with Gasteiger partial charge >= 0.3 is 0 Å². The molecule has 5 nitrogen and oxygen atoms in total. The van der Waals surface area contributed by atoms with E-state index in [-0.39, 0.29) is 5.82 Å². The molecule has 0 bridgehead atoms. The lowest BCUT2D eigenvalue weighted by Gasteiger charge is -2.13. The molecule has 6 heteroatoms. The van der Waals surface area contributed by atoms with Gasteiger partial charge < -0.3 is 20.1 Å². The molecule has 0 saturated heterocycles. The van der Waals surface area contributed by atoms with Gasteiger partial charge in [-0.05, 0) is 60.7 Å². The molecule has 0 aliphatic carbocycles. The zero-order valence-electron chi connectivity index (χ0n) is 16.4. The molecule has 0 heterocycles. The van der Waals surface area contributed by atoms with Gasteiger partial charge in [0.15, 0.2) is 17.5 Å². The fourth-order valence-corrected chi connectivity index (χ4v) is 2.84. The third-order valence-electron chi connectivity index (χ3n) is 4.37. The Morgan fingerprint density at radius 1 is 0.963 bits per heavy atom. The van der Waals surface area contributed by atoms with Crippen LogP contribution in [0.2, 0.25) is 0 Å². The minimum Gasteiger partial charge on any atom is -0.493 e. The molecule has 0 amide bonds. The standard InChI is InChI=1S/C21H28FN3O2/c1-15-13-18(22)7-6-17(15)10-12-25-21(23-2)24-11-9-16-5-8-19(26-3)20(14-16)27-4/h5-8,13-14H,9-12H2,1-4H3,(H2,23,24,25). The Bertz CT molecular complexity index is 778. The Morgan fingerprint density at radius 2 is 1.67 bits per heavy atom. The van der Waals surface area contributed by atoms with E-state index in [1.54, 1.807) is 27.3 Å². The molecule has 0 aliphatic rings. The third-order valence-corrected chi connectivity index (χ3v) is 4.37. The predicted octanol–water partition coefficient (Wildman–Crippen LogP) is 3.10. The number of halogens is 1. The molecule has 2 aromatic carbocycles. The molecule has 0 spiro atoms. The van der Waals surface area contributed by atoms with Crippen LogP contribution in [0.25, 0.3) is 0 Å². The van der Waals surface area contributed by atoms with Crippen LogP contribution in [0.5, 0.6) is 11.5 Å². The number of guanidine groups is 1. The molecule has 0 unspecified atom stereocenters. The fourth-order valence-electron chi connectivity index (χ4n) is 2.84. The Kier molecular flexibility index (Phi) is 7.92. The summed E-state index contributed by atoms with van der Waals surface area (Å²) in [5, 5.41) is 6.59. The SMILES string of the molecule is CN=C(NCCc1ccc(OC)c(OC)c1)NCCc1ccc(F)cc1C. The van der Waals surface area contributed by atoms with Gasteiger partial charge in [-0.15, -0.1) is 0 Å². The van der Waals surface area contributed by atoms with E-state index in [0.29, 0.717) is 0 Å². The maximum Gasteiger partial charge on any atom is 0.190 e. The van der Waals surface area contributed by atoms with E-state index in [2.05, 4.69) is 15.6 Å². The number of aliphatic imine (C=N–C) groups is 1. The van der Waals surface area contributed by atoms with Gasteiger partial charge in [-0.25, -0.2) is 4.39 Å². The topological polar surface area (TPSA) is 54.9 Å². The van der Waals surface area contributed by atoms with E-state index < -0.39 is 0 Å². The summed E-state index contributed by atoms with van der Waals surface area (Å²) >= 11 is 0. The molecular weight excluding hydrogens is 345 g/mol. The van der Waals surface area contributed by atoms with Crippen molar-refractivity contribution in [3.63, 3.8) is 0 Å². The summed E-state index contributed by atoms with van der Waals surface area (Å²) in [7, 11) is 5.01. The summed E-state index contributed by atoms with van der Waals surface area (Å²) in [6, 6.07) is 10.8. The van der Waals surface area contributed by atoms with Crippen LogP contribution in [0, 0.1) is 12.7 Å². The van der Waals surface area contributed by atoms with Crippen LogP contribution in [-0.4, -0.2) is 40.3 Å². The van der Waals surface area contributed by atoms with Gasteiger partial charge in [0.2, 0.25) is 0 Å². The van der Waals surface area contributed by atoms with Crippen molar-refractivity contribution in [3.05, 3.63) is 58.9 Å². The van der Waals surface area contributed by atoms with Crippen molar-refractivity contribution >= 4 is 5.96 Å². The third kappa shape index (κ3) is 6.16. The van der Waals surface area contributed by atoms with Crippen molar-refractivity contribution in [2.24, 2.45) is 4.99 Å². The molecule has 2 N–H and O–H groups in total. The molecule has 0 saturated carbocycles. The Balaban J connectivity index is 1.78. The van der Waals surface area contributed by atoms with E-state index in [0.717, 1.165) is 60.1 Å². The first-order chi connectivity index (χ1) is 13.1. The summed E-state index contributed by atoms with van der Waals surface area (Å²) in [6.07, 6.45) is 1.64. The molecule has 0 atom stereocenters. The summed E-state index contributed by atoms with van der Waals surface area (Å²) in [5.41, 5.74) is 3.25. The normalized spacial score (nSPS) is 11.2. The van der Waals surface area contributed by atoms with Gasteiger partial charge in [-0.3, -0.25) is 4.99 Å². The van der Waals surface area contributed by atoms with Crippen LogP contribution in [-0.2, 0) is 12.8 Å². The number of rotatable bonds is 8. The smallest absolute Gasteiger partial charge is 0.190 e. The maximum absolute atomic E-state index is 13.2. The average molecular weight is 373 g/mol. The van der Waals surface area contributed by atoms with Crippen LogP contribution in [0.3, 0.4) is 0 Å². The fraction of sp³-hybridized carbons (Fsp3) is 0.381. The van der Waals surface area contributed by atoms with E-state index >= 15 is 0 Å². The van der Waals surface area contributed by atoms with Gasteiger partial charge in [-0.2, -0.15) is 0 Å². The molecule has 2 rings (SSSR count). The maximum atomic E-state index is 13.2. The van der Waals surface area contributed by atoms with Gasteiger partial charge in [0.1, 0.15) is 5.82 Å². The molecule has 27 heavy (non-hydrogen) atoms. The molecule has 0 aromatic heterocycles. The molecular formula is C21H28FN3O2. The zero-order valence-corrected chi connectivity index (χ0v) is 16.4. The number of nitrogens with zero attached hydrogens (tertiary/aromatic N) is 1. The van der Waals surface area contributed by atoms with Crippen LogP contribution in [0.4, 0.5) is 4.39 Å². The Morgan fingerprint density at radius 3 is 2.30 bits per heavy atom. The highest BCUT2D eigenvalue weighted by Crippen LogP contribution is 2.27. The number of nitrogens with one attached hydrogen (secondary N) is 2. The summed E-state index contributed by atoms with van der Waals surface area (Å²) in [6.45, 7) is 3.39. The summed E-state index contributed by atoms with van der Waals surface area (Å²) in [4.78, 5) is 4.24. The van der Waals surface area contributed by atoms with Crippen molar-refractivity contribution in [3.8, 4) is 11.5 Å². The zero-order chi connectivity index (χ0) is 19.6. The molecule has 0 fully saturated rings. The van der Waals surface area contributed by atoms with E-state index in [1.165, 1.54) is 6.07 Å². The van der Waals surface area contributed by atoms with E-state index in [4.69, 9.17) is 9.47 Å². The Labute approximate surface area is 160 Å². The monoisotopic (exact) mass is 373 g/mol. The lowest BCUT2D eigenvalue weighted by molar-refractivity contribution is 0.354. The average Bonchev–Trinajstić information content (AvgIpc) is 2.68. The lowest BCUT2D eigenvalue weighted by Crippen LogP contribution is -2.39. The number of hydrogen-bond donors (Lipinski definition) is 2. The first-order valence-corrected chi connectivity index (χ1v) is 8.97. The molecule has 0 aliphatic heterocycles. The molecule has 2 aromatic rings. The number of methoxy groups -OCH3 is 2. The van der Waals surface area contributed by atoms with Crippen molar-refractivity contribution in [1.82, 2.24) is 10.6 Å². The minimum atomic E-state index is -0.197. The second-order valence-corrected chi connectivity index (χ2v) is 6.19. The second-order valence-electron chi connectivity index (χ2n) is 6.19. The first kappa shape index (κ1) is 20.6. The number of hydrogen-bond acceptors (Lipinski definition) is 3. The van der Waals surface area contributed by atoms with E-state index in [1.807, 2.05) is 31.2 Å². The number of ether oxygens (including phenoxy) is 2. The Hall–Kier alpha value is -2.76. The van der Waals surface area contributed by atoms with Crippen LogP contribution < -0.4 is 20.1 Å². The largest absolute Gasteiger partial charge is 0.493 e. The highest BCUT2D eigenvalue weighted by molar-refractivity contribution is 5.79. The molecule has 146 valence electrons. The van der Waals surface area contributed by atoms with Crippen molar-refractivity contribution in [2.75, 3.05) is 34.4 Å². The molecule has 0 radical (unpaired) electrons. The van der Waals surface area contributed by atoms with E-state index in [9.17, 15) is 4.39 Å². The van der Waals surface area contributed by atoms with Gasteiger partial charge in [-0.1, -0.05) is 12.1 Å². The predicted molar refractivity (Wildman–Crippen MR) is 107 cm³/mol. The van der Waals surface area contributed by atoms with Crippen LogP contribution in [0.15, 0.2) is 41.4 Å². The van der Waals surface area contributed by atoms with Crippen LogP contribution >= 0.6 is 0 Å². The van der Waals surface area contributed by atoms with Crippen LogP contribution in [0.1, 0.15) is 16.7 Å². The van der Waals surface area contributed by atoms with Gasteiger partial charge in [0.25, 0.3) is 0 Å². The quantitative estimate of drug-likeness (QED) is 0.552. The summed E-state index contributed by atoms with van der Waals surface area (Å²) in [5.74, 6) is 2.00. The van der Waals surface area contributed by atoms with Crippen molar-refractivity contribution in [1.29, 1.82) is 0 Å².